The third-order valence-electron chi connectivity index (χ3n) is 1.40. The van der Waals surface area contributed by atoms with Crippen LogP contribution in [0.1, 0.15) is 19.3 Å². The molecule has 0 aromatic heterocycles. The zero-order valence-corrected chi connectivity index (χ0v) is 7.34. The summed E-state index contributed by atoms with van der Waals surface area (Å²) in [4.78, 5) is 12.9. The van der Waals surface area contributed by atoms with E-state index in [9.17, 15) is 13.2 Å². The summed E-state index contributed by atoms with van der Waals surface area (Å²) in [7, 11) is 0. The van der Waals surface area contributed by atoms with Crippen molar-refractivity contribution in [1.29, 1.82) is 0 Å². The molecule has 14 heavy (non-hydrogen) atoms. The van der Waals surface area contributed by atoms with Crippen LogP contribution in [0.3, 0.4) is 0 Å². The molecule has 0 aromatic carbocycles. The minimum Gasteiger partial charge on any atom is -0.475 e. The quantitative estimate of drug-likeness (QED) is 0.632. The zero-order valence-electron chi connectivity index (χ0n) is 7.34. The van der Waals surface area contributed by atoms with Gasteiger partial charge < -0.3 is 10.8 Å². The van der Waals surface area contributed by atoms with Crippen LogP contribution >= 0.6 is 0 Å². The number of hydrogen-bond donors (Lipinski definition) is 2. The van der Waals surface area contributed by atoms with E-state index in [-0.39, 0.29) is 0 Å². The maximum Gasteiger partial charge on any atom is 0.490 e. The molecule has 0 aromatic rings. The van der Waals surface area contributed by atoms with Crippen LogP contribution in [-0.2, 0) is 4.79 Å². The number of nitrogens with zero attached hydrogens (tertiary/aromatic N) is 1. The lowest BCUT2D eigenvalue weighted by Crippen LogP contribution is -2.21. The van der Waals surface area contributed by atoms with Crippen molar-refractivity contribution in [2.24, 2.45) is 10.7 Å². The zero-order chi connectivity index (χ0) is 11.2. The van der Waals surface area contributed by atoms with Crippen LogP contribution < -0.4 is 5.73 Å². The molecule has 0 radical (unpaired) electrons. The van der Waals surface area contributed by atoms with Crippen molar-refractivity contribution in [3.05, 3.63) is 0 Å². The smallest absolute Gasteiger partial charge is 0.475 e. The van der Waals surface area contributed by atoms with Gasteiger partial charge >= 0.3 is 12.1 Å². The standard InChI is InChI=1S/C5H10N2.C2HF3O2/c6-5-3-1-2-4-7-5;3-2(4,5)1(6)7/h1-4H2,(H2,6,7);(H,6,7). The Morgan fingerprint density at radius 3 is 2.07 bits per heavy atom. The summed E-state index contributed by atoms with van der Waals surface area (Å²) in [6.07, 6.45) is -1.62. The normalized spacial score (nSPS) is 16.4. The molecule has 0 spiro atoms. The summed E-state index contributed by atoms with van der Waals surface area (Å²) in [5, 5.41) is 7.12. The van der Waals surface area contributed by atoms with Crippen molar-refractivity contribution in [2.45, 2.75) is 25.4 Å². The number of carbonyl (C=O) groups is 1. The first-order chi connectivity index (χ1) is 6.34. The average molecular weight is 212 g/mol. The van der Waals surface area contributed by atoms with Crippen LogP contribution in [0.2, 0.25) is 0 Å². The van der Waals surface area contributed by atoms with Gasteiger partial charge in [0, 0.05) is 13.0 Å². The van der Waals surface area contributed by atoms with Crippen LogP contribution in [0.15, 0.2) is 4.99 Å². The third kappa shape index (κ3) is 6.27. The Morgan fingerprint density at radius 2 is 1.93 bits per heavy atom. The van der Waals surface area contributed by atoms with E-state index in [0.717, 1.165) is 18.8 Å². The molecule has 0 aliphatic carbocycles. The van der Waals surface area contributed by atoms with Gasteiger partial charge in [0.15, 0.2) is 0 Å². The number of rotatable bonds is 0. The van der Waals surface area contributed by atoms with Gasteiger partial charge in [-0.05, 0) is 12.8 Å². The number of carboxylic acids is 1. The maximum absolute atomic E-state index is 10.6. The van der Waals surface area contributed by atoms with Gasteiger partial charge in [-0.15, -0.1) is 0 Å². The van der Waals surface area contributed by atoms with E-state index in [1.54, 1.807) is 0 Å². The lowest BCUT2D eigenvalue weighted by Gasteiger charge is -2.04. The Bertz CT molecular complexity index is 225. The van der Waals surface area contributed by atoms with Crippen molar-refractivity contribution in [1.82, 2.24) is 0 Å². The van der Waals surface area contributed by atoms with Gasteiger partial charge in [-0.2, -0.15) is 13.2 Å². The van der Waals surface area contributed by atoms with Crippen molar-refractivity contribution in [3.8, 4) is 0 Å². The monoisotopic (exact) mass is 212 g/mol. The highest BCUT2D eigenvalue weighted by Gasteiger charge is 2.38. The number of aliphatic imine (C=N–C) groups is 1. The summed E-state index contributed by atoms with van der Waals surface area (Å²) < 4.78 is 31.7. The Balaban J connectivity index is 0.000000241. The fourth-order valence-electron chi connectivity index (χ4n) is 0.720. The van der Waals surface area contributed by atoms with E-state index < -0.39 is 12.1 Å². The molecule has 1 aliphatic rings. The number of alkyl halides is 3. The minimum absolute atomic E-state index is 0.839. The number of nitrogens with two attached hydrogens (primary N) is 1. The van der Waals surface area contributed by atoms with E-state index in [1.807, 2.05) is 0 Å². The van der Waals surface area contributed by atoms with Crippen LogP contribution in [0, 0.1) is 0 Å². The van der Waals surface area contributed by atoms with E-state index in [2.05, 4.69) is 4.99 Å². The number of carboxylic acid groups (broad SMARTS) is 1. The highest BCUT2D eigenvalue weighted by Crippen LogP contribution is 2.13. The Hall–Kier alpha value is -1.27. The molecule has 0 bridgehead atoms. The molecule has 4 nitrogen and oxygen atoms in total. The number of halogens is 3. The average Bonchev–Trinajstić information content (AvgIpc) is 2.04. The van der Waals surface area contributed by atoms with E-state index in [1.165, 1.54) is 12.8 Å². The van der Waals surface area contributed by atoms with Gasteiger partial charge in [0.25, 0.3) is 0 Å². The first kappa shape index (κ1) is 12.7. The second kappa shape index (κ2) is 5.46. The van der Waals surface area contributed by atoms with Crippen molar-refractivity contribution >= 4 is 11.8 Å². The first-order valence-corrected chi connectivity index (χ1v) is 3.93. The molecule has 0 atom stereocenters. The molecule has 3 N–H and O–H groups in total. The number of amidine groups is 1. The number of hydrogen-bond acceptors (Lipinski definition) is 3. The highest BCUT2D eigenvalue weighted by atomic mass is 19.4. The molecule has 0 saturated carbocycles. The van der Waals surface area contributed by atoms with E-state index >= 15 is 0 Å². The van der Waals surface area contributed by atoms with Crippen LogP contribution in [0.25, 0.3) is 0 Å². The van der Waals surface area contributed by atoms with Gasteiger partial charge in [0.05, 0.1) is 5.84 Å². The lowest BCUT2D eigenvalue weighted by molar-refractivity contribution is -0.192. The number of aliphatic carboxylic acids is 1. The van der Waals surface area contributed by atoms with Crippen LogP contribution in [0.5, 0.6) is 0 Å². The molecular weight excluding hydrogens is 201 g/mol. The van der Waals surface area contributed by atoms with Gasteiger partial charge in [-0.3, -0.25) is 4.99 Å². The summed E-state index contributed by atoms with van der Waals surface area (Å²) in [5.41, 5.74) is 5.38. The molecule has 0 unspecified atom stereocenters. The molecule has 0 fully saturated rings. The van der Waals surface area contributed by atoms with Crippen LogP contribution in [-0.4, -0.2) is 29.6 Å². The van der Waals surface area contributed by atoms with Gasteiger partial charge in [-0.25, -0.2) is 4.79 Å². The maximum atomic E-state index is 10.6. The molecular formula is C7H11F3N2O2. The molecule has 1 heterocycles. The predicted molar refractivity (Wildman–Crippen MR) is 44.0 cm³/mol. The summed E-state index contributed by atoms with van der Waals surface area (Å²) in [6.45, 7) is 0.950. The highest BCUT2D eigenvalue weighted by molar-refractivity contribution is 5.80. The molecule has 82 valence electrons. The SMILES string of the molecule is NC1=NCCCC1.O=C(O)C(F)(F)F. The Morgan fingerprint density at radius 1 is 1.43 bits per heavy atom. The molecule has 1 rings (SSSR count). The van der Waals surface area contributed by atoms with Crippen molar-refractivity contribution in [3.63, 3.8) is 0 Å². The van der Waals surface area contributed by atoms with Crippen molar-refractivity contribution < 1.29 is 23.1 Å². The van der Waals surface area contributed by atoms with Crippen molar-refractivity contribution in [2.75, 3.05) is 6.54 Å². The summed E-state index contributed by atoms with van der Waals surface area (Å²) in [6, 6.07) is 0. The predicted octanol–water partition coefficient (Wildman–Crippen LogP) is 1.16. The lowest BCUT2D eigenvalue weighted by atomic mass is 10.2. The van der Waals surface area contributed by atoms with Crippen LogP contribution in [0.4, 0.5) is 13.2 Å². The molecule has 0 saturated heterocycles. The van der Waals surface area contributed by atoms with Gasteiger partial charge in [0.1, 0.15) is 0 Å². The molecule has 1 aliphatic heterocycles. The third-order valence-corrected chi connectivity index (χ3v) is 1.40. The summed E-state index contributed by atoms with van der Waals surface area (Å²) in [5.74, 6) is -1.92. The topological polar surface area (TPSA) is 75.7 Å². The van der Waals surface area contributed by atoms with E-state index in [4.69, 9.17) is 15.6 Å². The largest absolute Gasteiger partial charge is 0.490 e. The second-order valence-electron chi connectivity index (χ2n) is 2.63. The fourth-order valence-corrected chi connectivity index (χ4v) is 0.720. The summed E-state index contributed by atoms with van der Waals surface area (Å²) >= 11 is 0. The Kier molecular flexibility index (Phi) is 4.96. The Labute approximate surface area is 78.6 Å². The molecule has 0 amide bonds. The van der Waals surface area contributed by atoms with Gasteiger partial charge in [0.2, 0.25) is 0 Å². The first-order valence-electron chi connectivity index (χ1n) is 3.93. The van der Waals surface area contributed by atoms with Gasteiger partial charge in [-0.1, -0.05) is 0 Å². The van der Waals surface area contributed by atoms with E-state index in [0.29, 0.717) is 0 Å². The minimum atomic E-state index is -5.08. The molecule has 7 heteroatoms. The second-order valence-corrected chi connectivity index (χ2v) is 2.63. The fraction of sp³-hybridized carbons (Fsp3) is 0.714.